The molecule has 0 saturated carbocycles. The second kappa shape index (κ2) is 10.5. The first-order valence-electron chi connectivity index (χ1n) is 11.7. The highest BCUT2D eigenvalue weighted by Gasteiger charge is 2.35. The average Bonchev–Trinajstić information content (AvgIpc) is 3.65. The third kappa shape index (κ3) is 5.24. The Labute approximate surface area is 204 Å². The van der Waals surface area contributed by atoms with Gasteiger partial charge in [0.15, 0.2) is 0 Å². The van der Waals surface area contributed by atoms with Gasteiger partial charge in [-0.05, 0) is 47.7 Å². The highest BCUT2D eigenvalue weighted by Crippen LogP contribution is 2.35. The lowest BCUT2D eigenvalue weighted by Crippen LogP contribution is -2.49. The first-order chi connectivity index (χ1) is 16.7. The molecule has 2 aliphatic heterocycles. The second-order valence-corrected chi connectivity index (χ2v) is 9.69. The Balaban J connectivity index is 1.15. The van der Waals surface area contributed by atoms with E-state index in [0.717, 1.165) is 61.2 Å². The van der Waals surface area contributed by atoms with Crippen molar-refractivity contribution in [3.63, 3.8) is 0 Å². The molecule has 0 spiro atoms. The molecule has 0 N–H and O–H groups in total. The van der Waals surface area contributed by atoms with E-state index in [0.29, 0.717) is 13.0 Å². The van der Waals surface area contributed by atoms with Crippen molar-refractivity contribution in [1.29, 1.82) is 0 Å². The molecular formula is C26H30N4O3S. The number of furan rings is 1. The zero-order valence-electron chi connectivity index (χ0n) is 19.4. The first-order valence-corrected chi connectivity index (χ1v) is 12.6. The largest absolute Gasteiger partial charge is 0.497 e. The maximum absolute atomic E-state index is 13.3. The molecule has 1 unspecified atom stereocenters. The van der Waals surface area contributed by atoms with Gasteiger partial charge in [0.1, 0.15) is 17.2 Å². The summed E-state index contributed by atoms with van der Waals surface area (Å²) in [7, 11) is 1.69. The Morgan fingerprint density at radius 3 is 2.56 bits per heavy atom. The van der Waals surface area contributed by atoms with E-state index < -0.39 is 0 Å². The molecular weight excluding hydrogens is 448 g/mol. The minimum absolute atomic E-state index is 0.0478. The van der Waals surface area contributed by atoms with Crippen molar-refractivity contribution in [2.75, 3.05) is 46.4 Å². The van der Waals surface area contributed by atoms with Gasteiger partial charge in [-0.2, -0.15) is 5.10 Å². The maximum Gasteiger partial charge on any atom is 0.257 e. The van der Waals surface area contributed by atoms with Gasteiger partial charge >= 0.3 is 0 Å². The zero-order chi connectivity index (χ0) is 23.3. The van der Waals surface area contributed by atoms with Gasteiger partial charge < -0.3 is 14.1 Å². The molecule has 0 radical (unpaired) electrons. The number of thiophene rings is 1. The van der Waals surface area contributed by atoms with E-state index >= 15 is 0 Å². The second-order valence-electron chi connectivity index (χ2n) is 8.71. The molecule has 4 heterocycles. The van der Waals surface area contributed by atoms with Crippen molar-refractivity contribution in [3.05, 3.63) is 76.4 Å². The number of carbonyl (C=O) groups excluding carboxylic acids is 1. The minimum Gasteiger partial charge on any atom is -0.497 e. The third-order valence-corrected chi connectivity index (χ3v) is 7.52. The molecule has 34 heavy (non-hydrogen) atoms. The molecule has 1 fully saturated rings. The lowest BCUT2D eigenvalue weighted by Gasteiger charge is -2.35. The summed E-state index contributed by atoms with van der Waals surface area (Å²) in [5.74, 6) is 1.68. The molecule has 7 nitrogen and oxygen atoms in total. The standard InChI is InChI=1S/C26H30N4O3S/c1-32-21-8-6-20(7-9-21)10-11-28-12-14-29(15-13-28)19-26(31)30-23(25-5-3-17-34-25)18-22(27-30)24-4-2-16-33-24/h2-9,16-17,23H,10-15,18-19H2,1H3. The fraction of sp³-hybridized carbons (Fsp3) is 0.385. The van der Waals surface area contributed by atoms with Gasteiger partial charge in [-0.3, -0.25) is 9.69 Å². The van der Waals surface area contributed by atoms with Crippen LogP contribution in [0.2, 0.25) is 0 Å². The highest BCUT2D eigenvalue weighted by atomic mass is 32.1. The highest BCUT2D eigenvalue weighted by molar-refractivity contribution is 7.10. The van der Waals surface area contributed by atoms with E-state index in [4.69, 9.17) is 14.3 Å². The van der Waals surface area contributed by atoms with Crippen molar-refractivity contribution in [3.8, 4) is 5.75 Å². The molecule has 1 aromatic carbocycles. The van der Waals surface area contributed by atoms with Crippen LogP contribution in [0.15, 0.2) is 69.7 Å². The normalized spacial score (nSPS) is 19.4. The smallest absolute Gasteiger partial charge is 0.257 e. The topological polar surface area (TPSA) is 61.5 Å². The third-order valence-electron chi connectivity index (χ3n) is 6.54. The van der Waals surface area contributed by atoms with Gasteiger partial charge in [0.05, 0.1) is 26.0 Å². The molecule has 178 valence electrons. The number of amides is 1. The molecule has 2 aliphatic rings. The molecule has 1 atom stereocenters. The number of hydrazone groups is 1. The predicted octanol–water partition coefficient (Wildman–Crippen LogP) is 3.89. The Morgan fingerprint density at radius 1 is 1.09 bits per heavy atom. The summed E-state index contributed by atoms with van der Waals surface area (Å²) in [5.41, 5.74) is 2.15. The van der Waals surface area contributed by atoms with Crippen LogP contribution in [0.5, 0.6) is 5.75 Å². The van der Waals surface area contributed by atoms with E-state index in [1.165, 1.54) is 5.56 Å². The van der Waals surface area contributed by atoms with E-state index in [1.807, 2.05) is 35.7 Å². The molecule has 2 aromatic heterocycles. The van der Waals surface area contributed by atoms with Crippen molar-refractivity contribution in [2.45, 2.75) is 18.9 Å². The summed E-state index contributed by atoms with van der Waals surface area (Å²) in [6, 6.07) is 16.1. The summed E-state index contributed by atoms with van der Waals surface area (Å²) in [4.78, 5) is 19.2. The van der Waals surface area contributed by atoms with Crippen LogP contribution in [-0.2, 0) is 11.2 Å². The molecule has 0 aliphatic carbocycles. The van der Waals surface area contributed by atoms with Crippen LogP contribution < -0.4 is 4.74 Å². The SMILES string of the molecule is COc1ccc(CCN2CCN(CC(=O)N3N=C(c4ccco4)CC3c3cccs3)CC2)cc1. The quantitative estimate of drug-likeness (QED) is 0.492. The number of piperazine rings is 1. The molecule has 5 rings (SSSR count). The summed E-state index contributed by atoms with van der Waals surface area (Å²) >= 11 is 1.67. The monoisotopic (exact) mass is 478 g/mol. The van der Waals surface area contributed by atoms with Gasteiger partial charge in [0, 0.05) is 44.0 Å². The number of hydrogen-bond acceptors (Lipinski definition) is 7. The van der Waals surface area contributed by atoms with Crippen LogP contribution in [0.25, 0.3) is 0 Å². The molecule has 3 aromatic rings. The summed E-state index contributed by atoms with van der Waals surface area (Å²) in [6.07, 6.45) is 3.35. The van der Waals surface area contributed by atoms with Gasteiger partial charge in [0.25, 0.3) is 5.91 Å². The number of benzene rings is 1. The van der Waals surface area contributed by atoms with E-state index in [9.17, 15) is 4.79 Å². The number of nitrogens with zero attached hydrogens (tertiary/aromatic N) is 4. The summed E-state index contributed by atoms with van der Waals surface area (Å²) in [6.45, 7) is 5.14. The van der Waals surface area contributed by atoms with E-state index in [2.05, 4.69) is 28.0 Å². The molecule has 1 amide bonds. The van der Waals surface area contributed by atoms with Crippen molar-refractivity contribution in [2.24, 2.45) is 5.10 Å². The van der Waals surface area contributed by atoms with E-state index in [1.54, 1.807) is 29.7 Å². The van der Waals surface area contributed by atoms with Crippen LogP contribution in [0.4, 0.5) is 0 Å². The van der Waals surface area contributed by atoms with Crippen LogP contribution in [-0.4, -0.2) is 72.8 Å². The lowest BCUT2D eigenvalue weighted by atomic mass is 10.1. The van der Waals surface area contributed by atoms with E-state index in [-0.39, 0.29) is 11.9 Å². The van der Waals surface area contributed by atoms with Gasteiger partial charge in [-0.15, -0.1) is 11.3 Å². The molecule has 1 saturated heterocycles. The van der Waals surface area contributed by atoms with Crippen LogP contribution >= 0.6 is 11.3 Å². The fourth-order valence-corrected chi connectivity index (χ4v) is 5.36. The van der Waals surface area contributed by atoms with Gasteiger partial charge in [-0.25, -0.2) is 5.01 Å². The maximum atomic E-state index is 13.3. The summed E-state index contributed by atoms with van der Waals surface area (Å²) < 4.78 is 10.8. The average molecular weight is 479 g/mol. The number of rotatable bonds is 8. The Hall–Kier alpha value is -2.94. The Bertz CT molecular complexity index is 1090. The number of carbonyl (C=O) groups is 1. The predicted molar refractivity (Wildman–Crippen MR) is 133 cm³/mol. The fourth-order valence-electron chi connectivity index (χ4n) is 4.55. The van der Waals surface area contributed by atoms with Crippen molar-refractivity contribution >= 4 is 23.0 Å². The molecule has 0 bridgehead atoms. The number of hydrogen-bond donors (Lipinski definition) is 0. The molecule has 8 heteroatoms. The van der Waals surface area contributed by atoms with Crippen LogP contribution in [0.1, 0.15) is 28.7 Å². The van der Waals surface area contributed by atoms with Crippen molar-refractivity contribution in [1.82, 2.24) is 14.8 Å². The minimum atomic E-state index is -0.0571. The Kier molecular flexibility index (Phi) is 7.08. The number of methoxy groups -OCH3 is 1. The van der Waals surface area contributed by atoms with Crippen LogP contribution in [0.3, 0.4) is 0 Å². The lowest BCUT2D eigenvalue weighted by molar-refractivity contribution is -0.134. The van der Waals surface area contributed by atoms with Crippen molar-refractivity contribution < 1.29 is 13.9 Å². The summed E-state index contributed by atoms with van der Waals surface area (Å²) in [5, 5.41) is 8.42. The number of ether oxygens (including phenoxy) is 1. The van der Waals surface area contributed by atoms with Crippen LogP contribution in [0, 0.1) is 0 Å². The van der Waals surface area contributed by atoms with Gasteiger partial charge in [-0.1, -0.05) is 18.2 Å². The first kappa shape index (κ1) is 22.8. The Morgan fingerprint density at radius 2 is 1.88 bits per heavy atom. The zero-order valence-corrected chi connectivity index (χ0v) is 20.2. The van der Waals surface area contributed by atoms with Gasteiger partial charge in [0.2, 0.25) is 0 Å².